The fourth-order valence-electron chi connectivity index (χ4n) is 6.67. The van der Waals surface area contributed by atoms with Crippen LogP contribution in [0.1, 0.15) is 128 Å². The van der Waals surface area contributed by atoms with Gasteiger partial charge in [0.25, 0.3) is 0 Å². The molecule has 0 unspecified atom stereocenters. The van der Waals surface area contributed by atoms with Crippen molar-refractivity contribution in [3.05, 3.63) is 47.5 Å². The van der Waals surface area contributed by atoms with E-state index in [1.54, 1.807) is 0 Å². The number of fused-ring (bicyclic) bond motifs is 3. The topological polar surface area (TPSA) is 99.4 Å². The van der Waals surface area contributed by atoms with E-state index >= 15 is 0 Å². The molecule has 0 spiro atoms. The molecular weight excluding hydrogens is 538 g/mol. The van der Waals surface area contributed by atoms with Crippen LogP contribution in [-0.4, -0.2) is 60.9 Å². The minimum absolute atomic E-state index is 0.0571. The van der Waals surface area contributed by atoms with Gasteiger partial charge in [0.15, 0.2) is 0 Å². The number of hydrogen-bond acceptors (Lipinski definition) is 6. The second kappa shape index (κ2) is 19.7. The molecule has 0 fully saturated rings. The lowest BCUT2D eigenvalue weighted by Crippen LogP contribution is -2.39. The lowest BCUT2D eigenvalue weighted by atomic mass is 9.67. The molecule has 0 saturated heterocycles. The third kappa shape index (κ3) is 10.2. The standard InChI is InChI=1S/C35H56B2O6/c1-3-5-7-9-11-13-21-35(22-14-12-10-8-6-4-2)33-27-29(36(40)41)17-19-31(33)32-20-18-30(28-34(32)35)37(42-25-15-23-38)43-26-16-24-39/h17-20,27-28,38-41H,3-16,21-26H2,1-2H3. The Kier molecular flexibility index (Phi) is 16.4. The van der Waals surface area contributed by atoms with Crippen molar-refractivity contribution in [1.82, 2.24) is 0 Å². The van der Waals surface area contributed by atoms with Crippen molar-refractivity contribution < 1.29 is 29.6 Å². The molecule has 0 aromatic heterocycles. The van der Waals surface area contributed by atoms with E-state index in [0.717, 1.165) is 31.1 Å². The fourth-order valence-corrected chi connectivity index (χ4v) is 6.67. The third-order valence-electron chi connectivity index (χ3n) is 9.04. The van der Waals surface area contributed by atoms with E-state index in [4.69, 9.17) is 9.31 Å². The van der Waals surface area contributed by atoms with Crippen molar-refractivity contribution in [1.29, 1.82) is 0 Å². The number of rotatable bonds is 24. The Labute approximate surface area is 261 Å². The van der Waals surface area contributed by atoms with Gasteiger partial charge in [0.2, 0.25) is 0 Å². The van der Waals surface area contributed by atoms with E-state index in [-0.39, 0.29) is 18.6 Å². The summed E-state index contributed by atoms with van der Waals surface area (Å²) in [4.78, 5) is 0. The Morgan fingerprint density at radius 2 is 1.02 bits per heavy atom. The Balaban J connectivity index is 2.02. The number of aliphatic hydroxyl groups excluding tert-OH is 2. The van der Waals surface area contributed by atoms with E-state index in [1.165, 1.54) is 86.5 Å². The average molecular weight is 594 g/mol. The summed E-state index contributed by atoms with van der Waals surface area (Å²) in [5.74, 6) is 0. The lowest BCUT2D eigenvalue weighted by Gasteiger charge is -2.33. The molecule has 0 bridgehead atoms. The second-order valence-electron chi connectivity index (χ2n) is 12.3. The lowest BCUT2D eigenvalue weighted by molar-refractivity contribution is 0.171. The van der Waals surface area contributed by atoms with Gasteiger partial charge in [-0.05, 0) is 58.9 Å². The monoisotopic (exact) mass is 594 g/mol. The summed E-state index contributed by atoms with van der Waals surface area (Å²) < 4.78 is 12.2. The Morgan fingerprint density at radius 1 is 0.581 bits per heavy atom. The van der Waals surface area contributed by atoms with Crippen molar-refractivity contribution in [2.24, 2.45) is 0 Å². The van der Waals surface area contributed by atoms with E-state index in [9.17, 15) is 20.3 Å². The molecule has 2 aromatic carbocycles. The number of benzene rings is 2. The van der Waals surface area contributed by atoms with Gasteiger partial charge in [-0.2, -0.15) is 0 Å². The summed E-state index contributed by atoms with van der Waals surface area (Å²) in [6.45, 7) is 5.39. The van der Waals surface area contributed by atoms with Crippen LogP contribution in [-0.2, 0) is 14.7 Å². The predicted octanol–water partition coefficient (Wildman–Crippen LogP) is 5.63. The van der Waals surface area contributed by atoms with Gasteiger partial charge in [0.1, 0.15) is 0 Å². The smallest absolute Gasteiger partial charge is 0.423 e. The van der Waals surface area contributed by atoms with Gasteiger partial charge in [-0.3, -0.25) is 0 Å². The molecule has 2 aromatic rings. The van der Waals surface area contributed by atoms with Crippen LogP contribution in [0, 0.1) is 0 Å². The van der Waals surface area contributed by atoms with Crippen LogP contribution < -0.4 is 10.9 Å². The van der Waals surface area contributed by atoms with Gasteiger partial charge < -0.3 is 29.6 Å². The molecule has 6 nitrogen and oxygen atoms in total. The number of unbranched alkanes of at least 4 members (excludes halogenated alkanes) is 10. The summed E-state index contributed by atoms with van der Waals surface area (Å²) in [5.41, 5.74) is 6.15. The Hall–Kier alpha value is -1.67. The molecule has 0 heterocycles. The van der Waals surface area contributed by atoms with E-state index in [0.29, 0.717) is 31.5 Å². The molecule has 0 amide bonds. The minimum Gasteiger partial charge on any atom is -0.423 e. The maximum Gasteiger partial charge on any atom is 0.493 e. The fraction of sp³-hybridized carbons (Fsp3) is 0.657. The van der Waals surface area contributed by atoms with E-state index in [2.05, 4.69) is 38.1 Å². The highest BCUT2D eigenvalue weighted by molar-refractivity contribution is 6.61. The average Bonchev–Trinajstić information content (AvgIpc) is 3.28. The van der Waals surface area contributed by atoms with Crippen LogP contribution in [0.15, 0.2) is 36.4 Å². The number of aliphatic hydroxyl groups is 2. The van der Waals surface area contributed by atoms with Gasteiger partial charge >= 0.3 is 14.2 Å². The Morgan fingerprint density at radius 3 is 1.49 bits per heavy atom. The van der Waals surface area contributed by atoms with Crippen molar-refractivity contribution >= 4 is 25.2 Å². The first kappa shape index (κ1) is 35.8. The largest absolute Gasteiger partial charge is 0.493 e. The molecule has 0 atom stereocenters. The normalized spacial score (nSPS) is 13.3. The second-order valence-corrected chi connectivity index (χ2v) is 12.3. The Bertz CT molecular complexity index is 1040. The first-order chi connectivity index (χ1) is 21.0. The molecule has 0 aliphatic heterocycles. The van der Waals surface area contributed by atoms with E-state index < -0.39 is 14.2 Å². The summed E-state index contributed by atoms with van der Waals surface area (Å²) in [7, 11) is -2.09. The maximum absolute atomic E-state index is 10.1. The number of hydrogen-bond donors (Lipinski definition) is 4. The summed E-state index contributed by atoms with van der Waals surface area (Å²) >= 11 is 0. The van der Waals surface area contributed by atoms with Gasteiger partial charge in [0.05, 0.1) is 0 Å². The summed E-state index contributed by atoms with van der Waals surface area (Å²) in [6, 6.07) is 12.5. The molecule has 1 aliphatic carbocycles. The molecule has 238 valence electrons. The third-order valence-corrected chi connectivity index (χ3v) is 9.04. The first-order valence-electron chi connectivity index (χ1n) is 17.1. The molecule has 0 radical (unpaired) electrons. The van der Waals surface area contributed by atoms with Crippen molar-refractivity contribution in [2.45, 2.75) is 122 Å². The summed E-state index contributed by atoms with van der Waals surface area (Å²) in [6.07, 6.45) is 17.8. The molecule has 0 saturated carbocycles. The van der Waals surface area contributed by atoms with Gasteiger partial charge in [-0.25, -0.2) is 0 Å². The van der Waals surface area contributed by atoms with Gasteiger partial charge in [0, 0.05) is 31.8 Å². The first-order valence-corrected chi connectivity index (χ1v) is 17.1. The zero-order valence-electron chi connectivity index (χ0n) is 26.9. The zero-order chi connectivity index (χ0) is 30.9. The van der Waals surface area contributed by atoms with Crippen molar-refractivity contribution in [2.75, 3.05) is 26.4 Å². The minimum atomic E-state index is -1.51. The van der Waals surface area contributed by atoms with Gasteiger partial charge in [-0.15, -0.1) is 0 Å². The maximum atomic E-state index is 10.1. The highest BCUT2D eigenvalue weighted by Gasteiger charge is 2.43. The van der Waals surface area contributed by atoms with Gasteiger partial charge in [-0.1, -0.05) is 127 Å². The van der Waals surface area contributed by atoms with E-state index in [1.807, 2.05) is 12.1 Å². The van der Waals surface area contributed by atoms with Crippen LogP contribution in [0.4, 0.5) is 0 Å². The van der Waals surface area contributed by atoms with Crippen molar-refractivity contribution in [3.63, 3.8) is 0 Å². The van der Waals surface area contributed by atoms with Crippen LogP contribution in [0.5, 0.6) is 0 Å². The highest BCUT2D eigenvalue weighted by Crippen LogP contribution is 2.53. The molecule has 1 aliphatic rings. The molecule has 4 N–H and O–H groups in total. The van der Waals surface area contributed by atoms with Crippen LogP contribution in [0.3, 0.4) is 0 Å². The molecule has 8 heteroatoms. The molecule has 3 rings (SSSR count). The SMILES string of the molecule is CCCCCCCCC1(CCCCCCCC)c2cc(B(O)O)ccc2-c2ccc(B(OCCCO)OCCCO)cc21. The predicted molar refractivity (Wildman–Crippen MR) is 179 cm³/mol. The molecular formula is C35H56B2O6. The quantitative estimate of drug-likeness (QED) is 0.0930. The summed E-state index contributed by atoms with van der Waals surface area (Å²) in [5, 5.41) is 39.0. The van der Waals surface area contributed by atoms with Crippen molar-refractivity contribution in [3.8, 4) is 11.1 Å². The molecule has 43 heavy (non-hydrogen) atoms. The zero-order valence-corrected chi connectivity index (χ0v) is 26.9. The van der Waals surface area contributed by atoms with Crippen LogP contribution >= 0.6 is 0 Å². The van der Waals surface area contributed by atoms with Crippen LogP contribution in [0.25, 0.3) is 11.1 Å². The highest BCUT2D eigenvalue weighted by atomic mass is 16.6. The van der Waals surface area contributed by atoms with Crippen LogP contribution in [0.2, 0.25) is 0 Å².